The number of carbonyl (C=O) groups excluding carboxylic acids is 1. The van der Waals surface area contributed by atoms with Crippen molar-refractivity contribution in [2.75, 3.05) is 5.32 Å². The number of hydrogen-bond acceptors (Lipinski definition) is 5. The number of amides is 1. The van der Waals surface area contributed by atoms with Crippen molar-refractivity contribution in [2.24, 2.45) is 5.92 Å². The summed E-state index contributed by atoms with van der Waals surface area (Å²) in [5.41, 5.74) is 3.22. The van der Waals surface area contributed by atoms with Crippen LogP contribution in [0.3, 0.4) is 0 Å². The molecular weight excluding hydrogens is 306 g/mol. The summed E-state index contributed by atoms with van der Waals surface area (Å²) in [5.74, 6) is 0.442. The van der Waals surface area contributed by atoms with Crippen molar-refractivity contribution >= 4 is 22.7 Å². The highest BCUT2D eigenvalue weighted by molar-refractivity contribution is 6.03. The molecule has 3 aromatic rings. The molecule has 1 N–H and O–H groups in total. The Bertz CT molecular complexity index is 922. The highest BCUT2D eigenvalue weighted by atomic mass is 16.5. The van der Waals surface area contributed by atoms with E-state index in [0.717, 1.165) is 16.8 Å². The Morgan fingerprint density at radius 1 is 1.38 bits per heavy atom. The number of carbonyl (C=O) groups is 1. The SMILES string of the molecule is Cc1noc2ncc(NC(=O)c3cc(C)n(C(C)C4CC4)n3)cc12. The normalized spacial score (nSPS) is 15.6. The van der Waals surface area contributed by atoms with Crippen molar-refractivity contribution in [3.63, 3.8) is 0 Å². The molecule has 0 aliphatic heterocycles. The van der Waals surface area contributed by atoms with Crippen LogP contribution < -0.4 is 5.32 Å². The zero-order valence-electron chi connectivity index (χ0n) is 13.9. The van der Waals surface area contributed by atoms with Crippen LogP contribution in [0, 0.1) is 19.8 Å². The van der Waals surface area contributed by atoms with Gasteiger partial charge in [0.1, 0.15) is 0 Å². The minimum absolute atomic E-state index is 0.241. The Balaban J connectivity index is 1.56. The van der Waals surface area contributed by atoms with E-state index in [1.807, 2.05) is 30.7 Å². The van der Waals surface area contributed by atoms with Gasteiger partial charge in [0.2, 0.25) is 0 Å². The van der Waals surface area contributed by atoms with Crippen molar-refractivity contribution in [3.05, 3.63) is 35.4 Å². The number of nitrogens with one attached hydrogen (secondary N) is 1. The second kappa shape index (κ2) is 5.43. The molecule has 7 heteroatoms. The molecule has 4 rings (SSSR count). The van der Waals surface area contributed by atoms with E-state index in [-0.39, 0.29) is 5.91 Å². The first kappa shape index (κ1) is 14.9. The standard InChI is InChI=1S/C17H19N5O2/c1-9-6-15(20-22(9)11(3)12-4-5-12)16(23)19-13-7-14-10(2)21-24-17(14)18-8-13/h6-8,11-12H,4-5H2,1-3H3,(H,19,23). The number of rotatable bonds is 4. The van der Waals surface area contributed by atoms with Crippen molar-refractivity contribution < 1.29 is 9.32 Å². The largest absolute Gasteiger partial charge is 0.336 e. The number of aromatic nitrogens is 4. The monoisotopic (exact) mass is 325 g/mol. The number of nitrogens with zero attached hydrogens (tertiary/aromatic N) is 4. The number of hydrogen-bond donors (Lipinski definition) is 1. The molecule has 7 nitrogen and oxygen atoms in total. The summed E-state index contributed by atoms with van der Waals surface area (Å²) >= 11 is 0. The van der Waals surface area contributed by atoms with Crippen LogP contribution in [0.5, 0.6) is 0 Å². The molecule has 0 aromatic carbocycles. The highest BCUT2D eigenvalue weighted by Crippen LogP contribution is 2.39. The van der Waals surface area contributed by atoms with Gasteiger partial charge in [-0.3, -0.25) is 9.48 Å². The zero-order chi connectivity index (χ0) is 16.8. The average Bonchev–Trinajstić information content (AvgIpc) is 3.26. The molecule has 1 amide bonds. The van der Waals surface area contributed by atoms with Gasteiger partial charge in [-0.1, -0.05) is 5.16 Å². The molecule has 24 heavy (non-hydrogen) atoms. The summed E-state index contributed by atoms with van der Waals surface area (Å²) in [5, 5.41) is 12.0. The lowest BCUT2D eigenvalue weighted by molar-refractivity contribution is 0.102. The van der Waals surface area contributed by atoms with Crippen LogP contribution >= 0.6 is 0 Å². The predicted molar refractivity (Wildman–Crippen MR) is 88.9 cm³/mol. The summed E-state index contributed by atoms with van der Waals surface area (Å²) in [7, 11) is 0. The summed E-state index contributed by atoms with van der Waals surface area (Å²) in [6, 6.07) is 3.97. The van der Waals surface area contributed by atoms with Gasteiger partial charge in [0.05, 0.1) is 29.0 Å². The van der Waals surface area contributed by atoms with Crippen LogP contribution in [0.4, 0.5) is 5.69 Å². The molecule has 124 valence electrons. The van der Waals surface area contributed by atoms with Crippen LogP contribution in [-0.4, -0.2) is 25.8 Å². The van der Waals surface area contributed by atoms with Crippen LogP contribution in [0.25, 0.3) is 11.1 Å². The maximum Gasteiger partial charge on any atom is 0.276 e. The molecule has 1 aliphatic rings. The van der Waals surface area contributed by atoms with E-state index in [4.69, 9.17) is 4.52 Å². The Morgan fingerprint density at radius 2 is 2.17 bits per heavy atom. The second-order valence-electron chi connectivity index (χ2n) is 6.49. The maximum atomic E-state index is 12.5. The smallest absolute Gasteiger partial charge is 0.276 e. The van der Waals surface area contributed by atoms with Crippen molar-refractivity contribution in [2.45, 2.75) is 39.7 Å². The van der Waals surface area contributed by atoms with Crippen molar-refractivity contribution in [1.82, 2.24) is 19.9 Å². The van der Waals surface area contributed by atoms with Gasteiger partial charge in [-0.2, -0.15) is 5.10 Å². The molecule has 0 radical (unpaired) electrons. The van der Waals surface area contributed by atoms with Gasteiger partial charge in [0.15, 0.2) is 5.69 Å². The van der Waals surface area contributed by atoms with Gasteiger partial charge < -0.3 is 9.84 Å². The van der Waals surface area contributed by atoms with E-state index in [2.05, 4.69) is 27.5 Å². The topological polar surface area (TPSA) is 85.8 Å². The molecule has 3 heterocycles. The minimum Gasteiger partial charge on any atom is -0.336 e. The summed E-state index contributed by atoms with van der Waals surface area (Å²) in [6.07, 6.45) is 4.04. The van der Waals surface area contributed by atoms with Gasteiger partial charge in [0.25, 0.3) is 11.6 Å². The third-order valence-corrected chi connectivity index (χ3v) is 4.61. The van der Waals surface area contributed by atoms with E-state index < -0.39 is 0 Å². The van der Waals surface area contributed by atoms with Gasteiger partial charge >= 0.3 is 0 Å². The first-order chi connectivity index (χ1) is 11.5. The van der Waals surface area contributed by atoms with E-state index >= 15 is 0 Å². The predicted octanol–water partition coefficient (Wildman–Crippen LogP) is 3.26. The lowest BCUT2D eigenvalue weighted by Crippen LogP contribution is -2.15. The minimum atomic E-state index is -0.241. The number of aryl methyl sites for hydroxylation is 2. The van der Waals surface area contributed by atoms with Gasteiger partial charge in [-0.15, -0.1) is 0 Å². The second-order valence-corrected chi connectivity index (χ2v) is 6.49. The molecule has 0 bridgehead atoms. The number of pyridine rings is 1. The van der Waals surface area contributed by atoms with Gasteiger partial charge in [0, 0.05) is 5.69 Å². The van der Waals surface area contributed by atoms with Crippen LogP contribution in [0.2, 0.25) is 0 Å². The molecule has 1 atom stereocenters. The van der Waals surface area contributed by atoms with Gasteiger partial charge in [-0.05, 0) is 51.7 Å². The maximum absolute atomic E-state index is 12.5. The lowest BCUT2D eigenvalue weighted by atomic mass is 10.2. The Morgan fingerprint density at radius 3 is 2.92 bits per heavy atom. The van der Waals surface area contributed by atoms with Crippen molar-refractivity contribution in [3.8, 4) is 0 Å². The third kappa shape index (κ3) is 2.55. The Hall–Kier alpha value is -2.70. The molecule has 0 spiro atoms. The fourth-order valence-corrected chi connectivity index (χ4v) is 3.00. The molecule has 1 fully saturated rings. The quantitative estimate of drug-likeness (QED) is 0.795. The first-order valence-corrected chi connectivity index (χ1v) is 8.12. The van der Waals surface area contributed by atoms with E-state index in [1.54, 1.807) is 6.20 Å². The molecule has 3 aromatic heterocycles. The summed E-state index contributed by atoms with van der Waals surface area (Å²) in [4.78, 5) is 16.7. The first-order valence-electron chi connectivity index (χ1n) is 8.12. The molecule has 1 unspecified atom stereocenters. The van der Waals surface area contributed by atoms with Gasteiger partial charge in [-0.25, -0.2) is 4.98 Å². The Kier molecular flexibility index (Phi) is 3.37. The molecular formula is C17H19N5O2. The van der Waals surface area contributed by atoms with Crippen LogP contribution in [0.15, 0.2) is 22.9 Å². The zero-order valence-corrected chi connectivity index (χ0v) is 13.9. The summed E-state index contributed by atoms with van der Waals surface area (Å²) < 4.78 is 7.03. The Labute approximate surface area is 139 Å². The fraction of sp³-hybridized carbons (Fsp3) is 0.412. The fourth-order valence-electron chi connectivity index (χ4n) is 3.00. The molecule has 1 aliphatic carbocycles. The van der Waals surface area contributed by atoms with Crippen LogP contribution in [-0.2, 0) is 0 Å². The number of fused-ring (bicyclic) bond motifs is 1. The van der Waals surface area contributed by atoms with E-state index in [9.17, 15) is 4.79 Å². The third-order valence-electron chi connectivity index (χ3n) is 4.61. The van der Waals surface area contributed by atoms with E-state index in [0.29, 0.717) is 29.1 Å². The summed E-state index contributed by atoms with van der Waals surface area (Å²) in [6.45, 7) is 5.98. The lowest BCUT2D eigenvalue weighted by Gasteiger charge is -2.12. The van der Waals surface area contributed by atoms with Crippen molar-refractivity contribution in [1.29, 1.82) is 0 Å². The molecule has 1 saturated carbocycles. The molecule has 0 saturated heterocycles. The highest BCUT2D eigenvalue weighted by Gasteiger charge is 2.31. The van der Waals surface area contributed by atoms with E-state index in [1.165, 1.54) is 12.8 Å². The number of anilines is 1. The van der Waals surface area contributed by atoms with Crippen LogP contribution in [0.1, 0.15) is 47.7 Å². The average molecular weight is 325 g/mol.